The van der Waals surface area contributed by atoms with Crippen molar-refractivity contribution in [3.8, 4) is 0 Å². The van der Waals surface area contributed by atoms with Crippen LogP contribution in [0.3, 0.4) is 0 Å². The van der Waals surface area contributed by atoms with Crippen LogP contribution >= 0.6 is 34.3 Å². The highest BCUT2D eigenvalue weighted by Crippen LogP contribution is 2.37. The van der Waals surface area contributed by atoms with Crippen molar-refractivity contribution in [2.75, 3.05) is 0 Å². The van der Waals surface area contributed by atoms with E-state index in [4.69, 9.17) is 16.3 Å². The van der Waals surface area contributed by atoms with Crippen LogP contribution < -0.4 is 0 Å². The molecule has 2 aromatic heterocycles. The average molecular weight is 346 g/mol. The summed E-state index contributed by atoms with van der Waals surface area (Å²) in [7, 11) is 0. The Balaban J connectivity index is 1.79. The molecule has 1 aromatic carbocycles. The summed E-state index contributed by atoms with van der Waals surface area (Å²) >= 11 is 9.40. The molecule has 0 aliphatic carbocycles. The van der Waals surface area contributed by atoms with E-state index in [2.05, 4.69) is 4.99 Å². The number of halogens is 1. The summed E-state index contributed by atoms with van der Waals surface area (Å²) in [4.78, 5) is 17.9. The molecule has 3 heterocycles. The number of benzene rings is 1. The number of fused-ring (bicyclic) bond motifs is 1. The molecule has 108 valence electrons. The summed E-state index contributed by atoms with van der Waals surface area (Å²) in [6, 6.07) is 11.6. The van der Waals surface area contributed by atoms with E-state index in [-0.39, 0.29) is 5.90 Å². The van der Waals surface area contributed by atoms with Crippen LogP contribution in [0.4, 0.5) is 0 Å². The number of hydrogen-bond donors (Lipinski definition) is 0. The SMILES string of the molecule is O=C1OC(c2sc3ccccc3c2Cl)=N/C1=C\c1cccs1. The number of cyclic esters (lactones) is 1. The van der Waals surface area contributed by atoms with Gasteiger partial charge in [0.1, 0.15) is 4.88 Å². The Morgan fingerprint density at radius 1 is 1.18 bits per heavy atom. The van der Waals surface area contributed by atoms with E-state index >= 15 is 0 Å². The zero-order valence-electron chi connectivity index (χ0n) is 11.1. The molecule has 1 aliphatic heterocycles. The van der Waals surface area contributed by atoms with E-state index in [9.17, 15) is 4.79 Å². The van der Waals surface area contributed by atoms with E-state index in [1.165, 1.54) is 22.7 Å². The molecule has 0 unspecified atom stereocenters. The maximum absolute atomic E-state index is 12.0. The van der Waals surface area contributed by atoms with Crippen molar-refractivity contribution < 1.29 is 9.53 Å². The molecule has 4 rings (SSSR count). The van der Waals surface area contributed by atoms with Crippen molar-refractivity contribution in [3.63, 3.8) is 0 Å². The van der Waals surface area contributed by atoms with Crippen LogP contribution in [-0.2, 0) is 9.53 Å². The maximum atomic E-state index is 12.0. The third kappa shape index (κ3) is 2.27. The Morgan fingerprint density at radius 3 is 2.82 bits per heavy atom. The van der Waals surface area contributed by atoms with Crippen LogP contribution in [-0.4, -0.2) is 11.9 Å². The van der Waals surface area contributed by atoms with Gasteiger partial charge in [-0.25, -0.2) is 9.79 Å². The molecule has 0 fully saturated rings. The van der Waals surface area contributed by atoms with Crippen LogP contribution in [0.15, 0.2) is 52.5 Å². The summed E-state index contributed by atoms with van der Waals surface area (Å²) in [5, 5.41) is 3.46. The molecule has 6 heteroatoms. The van der Waals surface area contributed by atoms with Crippen molar-refractivity contribution in [3.05, 3.63) is 62.3 Å². The third-order valence-corrected chi connectivity index (χ3v) is 5.65. The van der Waals surface area contributed by atoms with Gasteiger partial charge in [0.2, 0.25) is 5.90 Å². The van der Waals surface area contributed by atoms with E-state index in [0.717, 1.165) is 15.0 Å². The predicted octanol–water partition coefficient (Wildman–Crippen LogP) is 4.96. The number of aliphatic imine (C=N–C) groups is 1. The lowest BCUT2D eigenvalue weighted by Gasteiger charge is -1.95. The number of carbonyl (C=O) groups excluding carboxylic acids is 1. The Morgan fingerprint density at radius 2 is 2.05 bits per heavy atom. The largest absolute Gasteiger partial charge is 0.401 e. The molecule has 22 heavy (non-hydrogen) atoms. The standard InChI is InChI=1S/C16H8ClNO2S2/c17-13-10-5-1-2-6-12(10)22-14(13)15-18-11(16(19)20-15)8-9-4-3-7-21-9/h1-8H/b11-8-. The molecule has 3 nitrogen and oxygen atoms in total. The first kappa shape index (κ1) is 13.7. The van der Waals surface area contributed by atoms with Crippen molar-refractivity contribution in [1.82, 2.24) is 0 Å². The highest BCUT2D eigenvalue weighted by Gasteiger charge is 2.27. The fourth-order valence-corrected chi connectivity index (χ4v) is 4.26. The first-order chi connectivity index (χ1) is 10.7. The van der Waals surface area contributed by atoms with Gasteiger partial charge < -0.3 is 4.74 Å². The molecule has 0 radical (unpaired) electrons. The van der Waals surface area contributed by atoms with Crippen LogP contribution in [0.25, 0.3) is 16.2 Å². The molecule has 0 spiro atoms. The fourth-order valence-electron chi connectivity index (χ4n) is 2.17. The number of esters is 1. The monoisotopic (exact) mass is 345 g/mol. The average Bonchev–Trinajstić information content (AvgIpc) is 3.22. The van der Waals surface area contributed by atoms with Crippen molar-refractivity contribution in [1.29, 1.82) is 0 Å². The van der Waals surface area contributed by atoms with E-state index in [1.807, 2.05) is 41.8 Å². The highest BCUT2D eigenvalue weighted by molar-refractivity contribution is 7.21. The van der Waals surface area contributed by atoms with Crippen LogP contribution in [0.5, 0.6) is 0 Å². The van der Waals surface area contributed by atoms with Gasteiger partial charge in [0.25, 0.3) is 0 Å². The smallest absolute Gasteiger partial charge is 0.363 e. The van der Waals surface area contributed by atoms with Gasteiger partial charge in [-0.1, -0.05) is 35.9 Å². The minimum atomic E-state index is -0.447. The summed E-state index contributed by atoms with van der Waals surface area (Å²) in [6.07, 6.45) is 1.72. The second kappa shape index (κ2) is 5.35. The predicted molar refractivity (Wildman–Crippen MR) is 91.8 cm³/mol. The number of rotatable bonds is 2. The molecule has 0 bridgehead atoms. The first-order valence-electron chi connectivity index (χ1n) is 6.46. The molecule has 3 aromatic rings. The molecule has 0 atom stereocenters. The number of ether oxygens (including phenoxy) is 1. The zero-order chi connectivity index (χ0) is 15.1. The Hall–Kier alpha value is -1.95. The quantitative estimate of drug-likeness (QED) is 0.486. The second-order valence-corrected chi connectivity index (χ2v) is 7.00. The molecule has 0 amide bonds. The van der Waals surface area contributed by atoms with Gasteiger partial charge >= 0.3 is 5.97 Å². The molecular formula is C16H8ClNO2S2. The molecular weight excluding hydrogens is 338 g/mol. The lowest BCUT2D eigenvalue weighted by atomic mass is 10.2. The van der Waals surface area contributed by atoms with Crippen molar-refractivity contribution in [2.24, 2.45) is 4.99 Å². The Bertz CT molecular complexity index is 938. The van der Waals surface area contributed by atoms with Crippen LogP contribution in [0, 0.1) is 0 Å². The summed E-state index contributed by atoms with van der Waals surface area (Å²) in [5.41, 5.74) is 0.297. The lowest BCUT2D eigenvalue weighted by Crippen LogP contribution is -2.03. The fraction of sp³-hybridized carbons (Fsp3) is 0. The number of nitrogens with zero attached hydrogens (tertiary/aromatic N) is 1. The zero-order valence-corrected chi connectivity index (χ0v) is 13.5. The number of hydrogen-bond acceptors (Lipinski definition) is 5. The van der Waals surface area contributed by atoms with Gasteiger partial charge in [-0.3, -0.25) is 0 Å². The van der Waals surface area contributed by atoms with E-state index in [0.29, 0.717) is 15.6 Å². The topological polar surface area (TPSA) is 38.7 Å². The lowest BCUT2D eigenvalue weighted by molar-refractivity contribution is -0.129. The van der Waals surface area contributed by atoms with E-state index in [1.54, 1.807) is 6.08 Å². The minimum absolute atomic E-state index is 0.277. The van der Waals surface area contributed by atoms with Gasteiger partial charge in [-0.05, 0) is 23.6 Å². The first-order valence-corrected chi connectivity index (χ1v) is 8.53. The van der Waals surface area contributed by atoms with Crippen LogP contribution in [0.2, 0.25) is 5.02 Å². The van der Waals surface area contributed by atoms with Gasteiger partial charge in [-0.2, -0.15) is 0 Å². The maximum Gasteiger partial charge on any atom is 0.363 e. The van der Waals surface area contributed by atoms with E-state index < -0.39 is 5.97 Å². The molecule has 1 aliphatic rings. The van der Waals surface area contributed by atoms with Crippen molar-refractivity contribution in [2.45, 2.75) is 0 Å². The summed E-state index contributed by atoms with van der Waals surface area (Å²) < 4.78 is 6.33. The molecule has 0 N–H and O–H groups in total. The second-order valence-electron chi connectivity index (χ2n) is 4.59. The third-order valence-electron chi connectivity index (χ3n) is 3.17. The van der Waals surface area contributed by atoms with Crippen LogP contribution in [0.1, 0.15) is 9.75 Å². The Labute approximate surface area is 139 Å². The minimum Gasteiger partial charge on any atom is -0.401 e. The molecule has 0 saturated heterocycles. The van der Waals surface area contributed by atoms with Crippen molar-refractivity contribution >= 4 is 62.3 Å². The van der Waals surface area contributed by atoms with Gasteiger partial charge in [0.15, 0.2) is 5.70 Å². The highest BCUT2D eigenvalue weighted by atomic mass is 35.5. The van der Waals surface area contributed by atoms with Gasteiger partial charge in [0, 0.05) is 15.0 Å². The summed E-state index contributed by atoms with van der Waals surface area (Å²) in [5.74, 6) is -0.170. The normalized spacial score (nSPS) is 16.3. The number of thiophene rings is 2. The Kier molecular flexibility index (Phi) is 3.33. The molecule has 0 saturated carbocycles. The van der Waals surface area contributed by atoms with Gasteiger partial charge in [-0.15, -0.1) is 22.7 Å². The summed E-state index contributed by atoms with van der Waals surface area (Å²) in [6.45, 7) is 0. The van der Waals surface area contributed by atoms with Gasteiger partial charge in [0.05, 0.1) is 5.02 Å². The number of carbonyl (C=O) groups is 1.